The second kappa shape index (κ2) is 13.5. The molecule has 0 amide bonds. The van der Waals surface area contributed by atoms with E-state index in [2.05, 4.69) is 212 Å². The van der Waals surface area contributed by atoms with E-state index in [0.717, 1.165) is 88.5 Å². The van der Waals surface area contributed by atoms with E-state index >= 15 is 0 Å². The molecule has 5 aromatic heterocycles. The van der Waals surface area contributed by atoms with Crippen molar-refractivity contribution in [1.82, 2.24) is 33.2 Å². The average molecular weight is 794 g/mol. The van der Waals surface area contributed by atoms with Gasteiger partial charge < -0.3 is 13.7 Å². The van der Waals surface area contributed by atoms with Crippen LogP contribution in [0.2, 0.25) is 0 Å². The van der Waals surface area contributed by atoms with Crippen molar-refractivity contribution in [2.75, 3.05) is 0 Å². The third-order valence-corrected chi connectivity index (χ3v) is 12.2. The quantitative estimate of drug-likeness (QED) is 0.168. The minimum atomic E-state index is 0.545. The van der Waals surface area contributed by atoms with Crippen molar-refractivity contribution in [2.45, 2.75) is 0 Å². The molecule has 5 heterocycles. The van der Waals surface area contributed by atoms with Crippen LogP contribution >= 0.6 is 0 Å². The van der Waals surface area contributed by atoms with Crippen LogP contribution in [0.15, 0.2) is 212 Å². The van der Waals surface area contributed by atoms with Gasteiger partial charge >= 0.3 is 0 Å². The average Bonchev–Trinajstić information content (AvgIpc) is 4.07. The summed E-state index contributed by atoms with van der Waals surface area (Å²) in [6.07, 6.45) is 0. The summed E-state index contributed by atoms with van der Waals surface area (Å²) in [7, 11) is 0. The van der Waals surface area contributed by atoms with Crippen LogP contribution in [0.25, 0.3) is 111 Å². The van der Waals surface area contributed by atoms with Gasteiger partial charge in [0.1, 0.15) is 5.52 Å². The van der Waals surface area contributed by atoms with Gasteiger partial charge in [0.15, 0.2) is 11.6 Å². The van der Waals surface area contributed by atoms with Gasteiger partial charge in [0.25, 0.3) is 0 Å². The summed E-state index contributed by atoms with van der Waals surface area (Å²) in [5, 5.41) is 4.56. The number of hydrogen-bond acceptors (Lipinski definition) is 3. The molecule has 0 bridgehead atoms. The predicted octanol–water partition coefficient (Wildman–Crippen LogP) is 13.3. The fourth-order valence-corrected chi connectivity index (χ4v) is 9.61. The van der Waals surface area contributed by atoms with Gasteiger partial charge in [-0.05, 0) is 72.8 Å². The maximum absolute atomic E-state index is 5.48. The van der Waals surface area contributed by atoms with Crippen LogP contribution in [0.4, 0.5) is 0 Å². The van der Waals surface area contributed by atoms with Crippen LogP contribution in [-0.4, -0.2) is 33.2 Å². The Bertz CT molecular complexity index is 3840. The summed E-state index contributed by atoms with van der Waals surface area (Å²) >= 11 is 0. The molecule has 0 fully saturated rings. The Morgan fingerprint density at radius 2 is 0.677 bits per heavy atom. The van der Waals surface area contributed by atoms with Crippen LogP contribution in [0.5, 0.6) is 0 Å². The summed E-state index contributed by atoms with van der Waals surface area (Å²) in [5.74, 6) is 1.75. The van der Waals surface area contributed by atoms with Gasteiger partial charge in [-0.15, -0.1) is 0 Å². The highest BCUT2D eigenvalue weighted by molar-refractivity contribution is 6.25. The monoisotopic (exact) mass is 793 g/mol. The Morgan fingerprint density at radius 3 is 1.27 bits per heavy atom. The number of nitrogens with zero attached hydrogens (tertiary/aromatic N) is 7. The third-order valence-electron chi connectivity index (χ3n) is 12.2. The highest BCUT2D eigenvalue weighted by atomic mass is 15.2. The molecular weight excluding hydrogens is 759 g/mol. The molecule has 0 unspecified atom stereocenters. The maximum Gasteiger partial charge on any atom is 0.238 e. The number of rotatable bonds is 6. The number of fused-ring (bicyclic) bond motifs is 10. The highest BCUT2D eigenvalue weighted by Gasteiger charge is 2.29. The van der Waals surface area contributed by atoms with Crippen LogP contribution in [-0.2, 0) is 0 Å². The lowest BCUT2D eigenvalue weighted by Crippen LogP contribution is -2.07. The zero-order valence-electron chi connectivity index (χ0n) is 33.3. The van der Waals surface area contributed by atoms with Gasteiger partial charge in [-0.3, -0.25) is 4.57 Å². The first kappa shape index (κ1) is 34.3. The standard InChI is InChI=1S/C55H35N7/c1-5-19-36(20-6-1)53-56-54(37-33-34-48-44(35-37)41-27-13-16-30-45(41)59(48)38-21-7-2-8-22-38)58-55(57-53)62-47-32-18-15-29-43(47)50-52(62)51-49(61(50)40-25-11-4-12-26-40)42-28-14-17-31-46(42)60(51)39-23-9-3-10-24-39/h1-35H. The lowest BCUT2D eigenvalue weighted by molar-refractivity contribution is 0.953. The fourth-order valence-electron chi connectivity index (χ4n) is 9.61. The predicted molar refractivity (Wildman–Crippen MR) is 253 cm³/mol. The molecule has 0 spiro atoms. The summed E-state index contributed by atoms with van der Waals surface area (Å²) in [6.45, 7) is 0. The first-order valence-electron chi connectivity index (χ1n) is 20.9. The molecule has 0 atom stereocenters. The van der Waals surface area contributed by atoms with Crippen molar-refractivity contribution >= 4 is 65.7 Å². The van der Waals surface area contributed by atoms with Crippen molar-refractivity contribution in [3.63, 3.8) is 0 Å². The number of aromatic nitrogens is 7. The Balaban J connectivity index is 1.16. The molecule has 0 aliphatic rings. The van der Waals surface area contributed by atoms with Crippen molar-refractivity contribution in [3.05, 3.63) is 212 Å². The zero-order chi connectivity index (χ0) is 40.7. The molecule has 7 heteroatoms. The van der Waals surface area contributed by atoms with Gasteiger partial charge in [-0.1, -0.05) is 140 Å². The normalized spacial score (nSPS) is 11.9. The molecule has 0 saturated heterocycles. The topological polar surface area (TPSA) is 58.4 Å². The largest absolute Gasteiger partial charge is 0.309 e. The van der Waals surface area contributed by atoms with E-state index in [9.17, 15) is 0 Å². The van der Waals surface area contributed by atoms with E-state index in [1.807, 2.05) is 18.2 Å². The van der Waals surface area contributed by atoms with Gasteiger partial charge in [0, 0.05) is 49.7 Å². The fraction of sp³-hybridized carbons (Fsp3) is 0. The Kier molecular flexibility index (Phi) is 7.47. The number of benzene rings is 8. The minimum Gasteiger partial charge on any atom is -0.309 e. The Morgan fingerprint density at radius 1 is 0.258 bits per heavy atom. The third kappa shape index (κ3) is 5.02. The first-order valence-corrected chi connectivity index (χ1v) is 20.9. The van der Waals surface area contributed by atoms with Crippen LogP contribution in [0.1, 0.15) is 0 Å². The van der Waals surface area contributed by atoms with E-state index in [1.165, 1.54) is 5.39 Å². The molecule has 62 heavy (non-hydrogen) atoms. The summed E-state index contributed by atoms with van der Waals surface area (Å²) < 4.78 is 9.43. The zero-order valence-corrected chi connectivity index (χ0v) is 33.3. The van der Waals surface area contributed by atoms with Gasteiger partial charge in [0.2, 0.25) is 5.95 Å². The smallest absolute Gasteiger partial charge is 0.238 e. The van der Waals surface area contributed by atoms with Crippen molar-refractivity contribution in [1.29, 1.82) is 0 Å². The van der Waals surface area contributed by atoms with Crippen molar-refractivity contribution < 1.29 is 0 Å². The summed E-state index contributed by atoms with van der Waals surface area (Å²) in [4.78, 5) is 16.1. The van der Waals surface area contributed by atoms with Crippen LogP contribution in [0, 0.1) is 0 Å². The molecule has 0 radical (unpaired) electrons. The van der Waals surface area contributed by atoms with E-state index < -0.39 is 0 Å². The molecular formula is C55H35N7. The molecule has 0 aliphatic heterocycles. The number of hydrogen-bond donors (Lipinski definition) is 0. The highest BCUT2D eigenvalue weighted by Crippen LogP contribution is 2.45. The van der Waals surface area contributed by atoms with Crippen LogP contribution in [0.3, 0.4) is 0 Å². The molecule has 0 N–H and O–H groups in total. The van der Waals surface area contributed by atoms with Gasteiger partial charge in [-0.25, -0.2) is 4.98 Å². The van der Waals surface area contributed by atoms with E-state index in [0.29, 0.717) is 17.6 Å². The van der Waals surface area contributed by atoms with Crippen molar-refractivity contribution in [2.24, 2.45) is 0 Å². The maximum atomic E-state index is 5.48. The first-order chi connectivity index (χ1) is 30.8. The molecule has 0 aliphatic carbocycles. The van der Waals surface area contributed by atoms with E-state index in [4.69, 9.17) is 15.0 Å². The molecule has 290 valence electrons. The van der Waals surface area contributed by atoms with Gasteiger partial charge in [0.05, 0.1) is 38.6 Å². The molecule has 13 aromatic rings. The summed E-state index contributed by atoms with van der Waals surface area (Å²) in [6, 6.07) is 74.7. The molecule has 13 rings (SSSR count). The lowest BCUT2D eigenvalue weighted by Gasteiger charge is -2.12. The lowest BCUT2D eigenvalue weighted by atomic mass is 10.1. The van der Waals surface area contributed by atoms with E-state index in [-0.39, 0.29) is 0 Å². The summed E-state index contributed by atoms with van der Waals surface area (Å²) in [5.41, 5.74) is 13.8. The minimum absolute atomic E-state index is 0.545. The van der Waals surface area contributed by atoms with Crippen LogP contribution < -0.4 is 0 Å². The Labute approximate surface area is 355 Å². The molecule has 8 aromatic carbocycles. The molecule has 7 nitrogen and oxygen atoms in total. The van der Waals surface area contributed by atoms with Crippen molar-refractivity contribution in [3.8, 4) is 45.8 Å². The van der Waals surface area contributed by atoms with E-state index in [1.54, 1.807) is 0 Å². The second-order valence-corrected chi connectivity index (χ2v) is 15.7. The van der Waals surface area contributed by atoms with Gasteiger partial charge in [-0.2, -0.15) is 9.97 Å². The molecule has 0 saturated carbocycles. The SMILES string of the molecule is c1ccc(-c2nc(-c3ccc4c(c3)c3ccccc3n4-c3ccccc3)nc(-n3c4ccccc4c4c3c3c(c5ccccc5n3-c3ccccc3)n4-c3ccccc3)n2)cc1. The second-order valence-electron chi connectivity index (χ2n) is 15.7. The Hall–Kier alpha value is -8.55. The number of para-hydroxylation sites is 6.